The molecule has 31 heavy (non-hydrogen) atoms. The Labute approximate surface area is 178 Å². The van der Waals surface area contributed by atoms with Gasteiger partial charge in [0.25, 0.3) is 11.8 Å². The third-order valence-corrected chi connectivity index (χ3v) is 5.16. The number of likely N-dealkylation sites (N-methyl/N-ethyl adjacent to an activating group) is 1. The van der Waals surface area contributed by atoms with Gasteiger partial charge in [0.1, 0.15) is 5.82 Å². The number of pyridine rings is 1. The third kappa shape index (κ3) is 5.80. The molecule has 1 aromatic carbocycles. The highest BCUT2D eigenvalue weighted by Gasteiger charge is 2.34. The van der Waals surface area contributed by atoms with Gasteiger partial charge in [0.2, 0.25) is 0 Å². The molecule has 1 fully saturated rings. The summed E-state index contributed by atoms with van der Waals surface area (Å²) in [6.45, 7) is 3.13. The second-order valence-electron chi connectivity index (χ2n) is 7.41. The molecule has 7 nitrogen and oxygen atoms in total. The van der Waals surface area contributed by atoms with Crippen molar-refractivity contribution in [2.24, 2.45) is 0 Å². The van der Waals surface area contributed by atoms with Crippen LogP contribution in [0.4, 0.5) is 19.0 Å². The lowest BCUT2D eigenvalue weighted by Gasteiger charge is -2.33. The summed E-state index contributed by atoms with van der Waals surface area (Å²) in [6.07, 6.45) is -3.25. The van der Waals surface area contributed by atoms with E-state index in [1.54, 1.807) is 0 Å². The second kappa shape index (κ2) is 9.44. The average molecular weight is 435 g/mol. The van der Waals surface area contributed by atoms with Crippen molar-refractivity contribution >= 4 is 17.6 Å². The Morgan fingerprint density at radius 3 is 2.35 bits per heavy atom. The first-order chi connectivity index (χ1) is 14.7. The minimum atomic E-state index is -4.59. The van der Waals surface area contributed by atoms with Crippen LogP contribution in [0, 0.1) is 0 Å². The van der Waals surface area contributed by atoms with Gasteiger partial charge in [0.15, 0.2) is 0 Å². The van der Waals surface area contributed by atoms with Crippen LogP contribution in [0.2, 0.25) is 0 Å². The summed E-state index contributed by atoms with van der Waals surface area (Å²) in [5, 5.41) is 4.90. The zero-order chi connectivity index (χ0) is 22.6. The van der Waals surface area contributed by atoms with Gasteiger partial charge in [-0.05, 0) is 36.9 Å². The van der Waals surface area contributed by atoms with Crippen molar-refractivity contribution in [3.05, 3.63) is 58.8 Å². The van der Waals surface area contributed by atoms with E-state index in [0.717, 1.165) is 19.2 Å². The van der Waals surface area contributed by atoms with E-state index in [-0.39, 0.29) is 35.0 Å². The number of aromatic nitrogens is 1. The summed E-state index contributed by atoms with van der Waals surface area (Å²) in [7, 11) is 3.44. The Morgan fingerprint density at radius 2 is 1.71 bits per heavy atom. The van der Waals surface area contributed by atoms with E-state index in [2.05, 4.69) is 20.5 Å². The first-order valence-corrected chi connectivity index (χ1v) is 9.78. The number of benzene rings is 1. The quantitative estimate of drug-likeness (QED) is 0.755. The highest BCUT2D eigenvalue weighted by atomic mass is 19.4. The van der Waals surface area contributed by atoms with Crippen LogP contribution >= 0.6 is 0 Å². The molecule has 166 valence electrons. The molecule has 1 aromatic heterocycles. The molecule has 2 amide bonds. The van der Waals surface area contributed by atoms with Crippen LogP contribution in [0.3, 0.4) is 0 Å². The third-order valence-electron chi connectivity index (χ3n) is 5.16. The zero-order valence-corrected chi connectivity index (χ0v) is 17.3. The van der Waals surface area contributed by atoms with Crippen LogP contribution in [0.1, 0.15) is 31.8 Å². The van der Waals surface area contributed by atoms with Crippen LogP contribution in [0.5, 0.6) is 0 Å². The van der Waals surface area contributed by atoms with E-state index in [0.29, 0.717) is 13.1 Å². The molecule has 2 heterocycles. The Bertz CT molecular complexity index is 956. The molecule has 0 unspecified atom stereocenters. The Morgan fingerprint density at radius 1 is 1.03 bits per heavy atom. The Balaban J connectivity index is 1.80. The number of carbonyl (C=O) groups is 2. The van der Waals surface area contributed by atoms with Gasteiger partial charge >= 0.3 is 6.18 Å². The summed E-state index contributed by atoms with van der Waals surface area (Å²) in [6, 6.07) is 6.40. The topological polar surface area (TPSA) is 77.6 Å². The Kier molecular flexibility index (Phi) is 6.91. The lowest BCUT2D eigenvalue weighted by Crippen LogP contribution is -2.44. The predicted molar refractivity (Wildman–Crippen MR) is 110 cm³/mol. The molecule has 0 spiro atoms. The van der Waals surface area contributed by atoms with Gasteiger partial charge in [-0.1, -0.05) is 6.07 Å². The highest BCUT2D eigenvalue weighted by molar-refractivity contribution is 6.04. The molecule has 3 rings (SSSR count). The van der Waals surface area contributed by atoms with Gasteiger partial charge in [-0.2, -0.15) is 13.2 Å². The van der Waals surface area contributed by atoms with Crippen molar-refractivity contribution in [2.75, 3.05) is 45.6 Å². The monoisotopic (exact) mass is 435 g/mol. The van der Waals surface area contributed by atoms with Gasteiger partial charge in [0.05, 0.1) is 5.56 Å². The first kappa shape index (κ1) is 22.7. The van der Waals surface area contributed by atoms with Crippen molar-refractivity contribution < 1.29 is 22.8 Å². The van der Waals surface area contributed by atoms with Gasteiger partial charge in [0, 0.05) is 57.1 Å². The molecule has 1 saturated heterocycles. The normalized spacial score (nSPS) is 15.5. The number of halogens is 3. The number of rotatable bonds is 5. The molecule has 1 aliphatic rings. The maximum absolute atomic E-state index is 13.7. The van der Waals surface area contributed by atoms with E-state index < -0.39 is 17.6 Å². The SMILES string of the molecule is CNC(=O)c1ccnc(NC(=O)c2ccc(CN3CCN(C)CC3)c(C(F)(F)F)c2)c1. The molecule has 0 saturated carbocycles. The van der Waals surface area contributed by atoms with E-state index in [1.807, 2.05) is 11.9 Å². The van der Waals surface area contributed by atoms with E-state index in [1.165, 1.54) is 37.5 Å². The van der Waals surface area contributed by atoms with Crippen molar-refractivity contribution in [1.82, 2.24) is 20.1 Å². The number of hydrogen-bond acceptors (Lipinski definition) is 5. The van der Waals surface area contributed by atoms with Crippen LogP contribution in [0.15, 0.2) is 36.5 Å². The lowest BCUT2D eigenvalue weighted by molar-refractivity contribution is -0.138. The molecule has 0 bridgehead atoms. The minimum absolute atomic E-state index is 0.0705. The molecular weight excluding hydrogens is 411 g/mol. The number of nitrogens with one attached hydrogen (secondary N) is 2. The summed E-state index contributed by atoms with van der Waals surface area (Å²) >= 11 is 0. The maximum atomic E-state index is 13.7. The van der Waals surface area contributed by atoms with Crippen LogP contribution < -0.4 is 10.6 Å². The predicted octanol–water partition coefficient (Wildman–Crippen LogP) is 2.46. The number of alkyl halides is 3. The zero-order valence-electron chi connectivity index (χ0n) is 17.3. The summed E-state index contributed by atoms with van der Waals surface area (Å²) < 4.78 is 41.1. The van der Waals surface area contributed by atoms with Crippen molar-refractivity contribution in [3.63, 3.8) is 0 Å². The van der Waals surface area contributed by atoms with E-state index in [4.69, 9.17) is 0 Å². The number of nitrogens with zero attached hydrogens (tertiary/aromatic N) is 3. The summed E-state index contributed by atoms with van der Waals surface area (Å²) in [4.78, 5) is 32.3. The van der Waals surface area contributed by atoms with Crippen LogP contribution in [0.25, 0.3) is 0 Å². The lowest BCUT2D eigenvalue weighted by atomic mass is 10.0. The van der Waals surface area contributed by atoms with Gasteiger partial charge in [-0.3, -0.25) is 14.5 Å². The van der Waals surface area contributed by atoms with Gasteiger partial charge < -0.3 is 15.5 Å². The van der Waals surface area contributed by atoms with Crippen molar-refractivity contribution in [1.29, 1.82) is 0 Å². The van der Waals surface area contributed by atoms with Crippen LogP contribution in [-0.2, 0) is 12.7 Å². The summed E-state index contributed by atoms with van der Waals surface area (Å²) in [5.74, 6) is -1.04. The fourth-order valence-electron chi connectivity index (χ4n) is 3.34. The molecule has 0 aliphatic carbocycles. The molecular formula is C21H24F3N5O2. The van der Waals surface area contributed by atoms with Gasteiger partial charge in [-0.15, -0.1) is 0 Å². The molecule has 2 N–H and O–H groups in total. The number of carbonyl (C=O) groups excluding carboxylic acids is 2. The fourth-order valence-corrected chi connectivity index (χ4v) is 3.34. The molecule has 10 heteroatoms. The highest BCUT2D eigenvalue weighted by Crippen LogP contribution is 2.33. The van der Waals surface area contributed by atoms with E-state index >= 15 is 0 Å². The van der Waals surface area contributed by atoms with Crippen molar-refractivity contribution in [3.8, 4) is 0 Å². The molecule has 1 aliphatic heterocycles. The standard InChI is InChI=1S/C21H24F3N5O2/c1-25-19(30)15-5-6-26-18(12-15)27-20(31)14-3-4-16(17(11-14)21(22,23)24)13-29-9-7-28(2)8-10-29/h3-6,11-12H,7-10,13H2,1-2H3,(H,25,30)(H,26,27,31). The number of amides is 2. The number of anilines is 1. The first-order valence-electron chi connectivity index (χ1n) is 9.78. The molecule has 2 aromatic rings. The maximum Gasteiger partial charge on any atom is 0.416 e. The second-order valence-corrected chi connectivity index (χ2v) is 7.41. The average Bonchev–Trinajstić information content (AvgIpc) is 2.74. The van der Waals surface area contributed by atoms with Gasteiger partial charge in [-0.25, -0.2) is 4.98 Å². The van der Waals surface area contributed by atoms with E-state index in [9.17, 15) is 22.8 Å². The number of piperazine rings is 1. The summed E-state index contributed by atoms with van der Waals surface area (Å²) in [5.41, 5.74) is -0.563. The Hall–Kier alpha value is -2.98. The minimum Gasteiger partial charge on any atom is -0.355 e. The largest absolute Gasteiger partial charge is 0.416 e. The van der Waals surface area contributed by atoms with Crippen molar-refractivity contribution in [2.45, 2.75) is 12.7 Å². The smallest absolute Gasteiger partial charge is 0.355 e. The number of hydrogen-bond donors (Lipinski definition) is 2. The molecule has 0 atom stereocenters. The fraction of sp³-hybridized carbons (Fsp3) is 0.381. The molecule has 0 radical (unpaired) electrons. The van der Waals surface area contributed by atoms with Crippen LogP contribution in [-0.4, -0.2) is 66.9 Å².